The molecule has 0 aromatic heterocycles. The Hall–Kier alpha value is -2.66. The molecule has 1 saturated heterocycles. The zero-order valence-corrected chi connectivity index (χ0v) is 18.0. The standard InChI is InChI=1S/C25H32N2O3/c1-3-11-25(29)30-23-15-8-7-14-21(23)18-24(28)26(2)22(19-27-16-9-10-17-27)20-12-5-4-6-13-20/h4-8,12-15,22H,3,9-11,16-19H2,1-2H3/t22-/m1/s1. The number of carbonyl (C=O) groups is 2. The molecule has 30 heavy (non-hydrogen) atoms. The summed E-state index contributed by atoms with van der Waals surface area (Å²) in [5.41, 5.74) is 1.88. The van der Waals surface area contributed by atoms with Crippen LogP contribution < -0.4 is 4.74 Å². The quantitative estimate of drug-likeness (QED) is 0.460. The van der Waals surface area contributed by atoms with E-state index < -0.39 is 0 Å². The number of likely N-dealkylation sites (tertiary alicyclic amines) is 1. The summed E-state index contributed by atoms with van der Waals surface area (Å²) in [5, 5.41) is 0. The fourth-order valence-electron chi connectivity index (χ4n) is 3.93. The number of rotatable bonds is 9. The van der Waals surface area contributed by atoms with Crippen LogP contribution in [-0.4, -0.2) is 48.4 Å². The van der Waals surface area contributed by atoms with E-state index in [4.69, 9.17) is 4.74 Å². The molecule has 0 spiro atoms. The molecule has 160 valence electrons. The highest BCUT2D eigenvalue weighted by atomic mass is 16.5. The van der Waals surface area contributed by atoms with E-state index in [1.54, 1.807) is 6.07 Å². The Kier molecular flexibility index (Phi) is 8.03. The van der Waals surface area contributed by atoms with Crippen LogP contribution in [0.1, 0.15) is 49.8 Å². The first-order valence-corrected chi connectivity index (χ1v) is 10.9. The van der Waals surface area contributed by atoms with Gasteiger partial charge in [0.2, 0.25) is 5.91 Å². The number of hydrogen-bond donors (Lipinski definition) is 0. The highest BCUT2D eigenvalue weighted by Gasteiger charge is 2.26. The van der Waals surface area contributed by atoms with Gasteiger partial charge in [-0.3, -0.25) is 9.59 Å². The van der Waals surface area contributed by atoms with Crippen LogP contribution in [0.25, 0.3) is 0 Å². The lowest BCUT2D eigenvalue weighted by atomic mass is 10.0. The third kappa shape index (κ3) is 5.92. The molecule has 0 saturated carbocycles. The molecular weight excluding hydrogens is 376 g/mol. The van der Waals surface area contributed by atoms with Gasteiger partial charge in [-0.05, 0) is 44.0 Å². The number of hydrogen-bond acceptors (Lipinski definition) is 4. The largest absolute Gasteiger partial charge is 0.426 e. The van der Waals surface area contributed by atoms with Gasteiger partial charge in [-0.2, -0.15) is 0 Å². The minimum absolute atomic E-state index is 0.00777. The van der Waals surface area contributed by atoms with Crippen molar-refractivity contribution in [1.82, 2.24) is 9.80 Å². The number of esters is 1. The molecule has 2 aromatic carbocycles. The second-order valence-electron chi connectivity index (χ2n) is 7.95. The third-order valence-electron chi connectivity index (χ3n) is 5.67. The monoisotopic (exact) mass is 408 g/mol. The normalized spacial score (nSPS) is 15.0. The van der Waals surface area contributed by atoms with Crippen molar-refractivity contribution in [1.29, 1.82) is 0 Å². The first-order valence-electron chi connectivity index (χ1n) is 10.9. The average Bonchev–Trinajstić information content (AvgIpc) is 3.27. The molecule has 0 radical (unpaired) electrons. The molecule has 1 aliphatic heterocycles. The smallest absolute Gasteiger partial charge is 0.311 e. The molecule has 0 unspecified atom stereocenters. The van der Waals surface area contributed by atoms with Crippen LogP contribution in [0.3, 0.4) is 0 Å². The van der Waals surface area contributed by atoms with Crippen LogP contribution in [0.5, 0.6) is 5.75 Å². The molecule has 1 atom stereocenters. The van der Waals surface area contributed by atoms with Crippen molar-refractivity contribution in [2.45, 2.75) is 45.1 Å². The van der Waals surface area contributed by atoms with Crippen LogP contribution in [0.4, 0.5) is 0 Å². The van der Waals surface area contributed by atoms with E-state index in [1.807, 2.05) is 55.3 Å². The van der Waals surface area contributed by atoms with Gasteiger partial charge in [0.05, 0.1) is 12.5 Å². The van der Waals surface area contributed by atoms with Gasteiger partial charge in [-0.1, -0.05) is 55.5 Å². The summed E-state index contributed by atoms with van der Waals surface area (Å²) >= 11 is 0. The number of nitrogens with zero attached hydrogens (tertiary/aromatic N) is 2. The topological polar surface area (TPSA) is 49.9 Å². The molecule has 1 amide bonds. The van der Waals surface area contributed by atoms with Crippen molar-refractivity contribution in [3.8, 4) is 5.75 Å². The molecule has 0 N–H and O–H groups in total. The minimum Gasteiger partial charge on any atom is -0.426 e. The second kappa shape index (κ2) is 10.9. The Morgan fingerprint density at radius 1 is 1.03 bits per heavy atom. The van der Waals surface area contributed by atoms with E-state index in [0.29, 0.717) is 12.2 Å². The van der Waals surface area contributed by atoms with E-state index in [1.165, 1.54) is 12.8 Å². The number of para-hydroxylation sites is 1. The summed E-state index contributed by atoms with van der Waals surface area (Å²) in [6.07, 6.45) is 3.74. The van der Waals surface area contributed by atoms with E-state index >= 15 is 0 Å². The molecule has 1 aliphatic rings. The maximum absolute atomic E-state index is 13.2. The Bertz CT molecular complexity index is 831. The van der Waals surface area contributed by atoms with Gasteiger partial charge in [-0.15, -0.1) is 0 Å². The second-order valence-corrected chi connectivity index (χ2v) is 7.95. The van der Waals surface area contributed by atoms with Crippen LogP contribution in [0.2, 0.25) is 0 Å². The summed E-state index contributed by atoms with van der Waals surface area (Å²) in [7, 11) is 1.88. The number of amides is 1. The van der Waals surface area contributed by atoms with Gasteiger partial charge in [0.25, 0.3) is 0 Å². The van der Waals surface area contributed by atoms with Crippen LogP contribution in [0.15, 0.2) is 54.6 Å². The Balaban J connectivity index is 1.75. The van der Waals surface area contributed by atoms with Crippen LogP contribution in [-0.2, 0) is 16.0 Å². The number of carbonyl (C=O) groups excluding carboxylic acids is 2. The molecule has 0 aliphatic carbocycles. The number of likely N-dealkylation sites (N-methyl/N-ethyl adjacent to an activating group) is 1. The van der Waals surface area contributed by atoms with Crippen LogP contribution >= 0.6 is 0 Å². The Morgan fingerprint density at radius 3 is 2.40 bits per heavy atom. The maximum atomic E-state index is 13.2. The molecule has 1 fully saturated rings. The van der Waals surface area contributed by atoms with Crippen molar-refractivity contribution in [2.75, 3.05) is 26.7 Å². The lowest BCUT2D eigenvalue weighted by Gasteiger charge is -2.32. The van der Waals surface area contributed by atoms with Crippen molar-refractivity contribution < 1.29 is 14.3 Å². The predicted molar refractivity (Wildman–Crippen MR) is 118 cm³/mol. The Labute approximate surface area is 179 Å². The van der Waals surface area contributed by atoms with Crippen molar-refractivity contribution in [3.63, 3.8) is 0 Å². The highest BCUT2D eigenvalue weighted by Crippen LogP contribution is 2.25. The van der Waals surface area contributed by atoms with Gasteiger partial charge in [0, 0.05) is 25.6 Å². The summed E-state index contributed by atoms with van der Waals surface area (Å²) in [6, 6.07) is 17.5. The van der Waals surface area contributed by atoms with Crippen molar-refractivity contribution in [2.24, 2.45) is 0 Å². The van der Waals surface area contributed by atoms with E-state index in [2.05, 4.69) is 17.0 Å². The molecule has 1 heterocycles. The first kappa shape index (κ1) is 22.0. The maximum Gasteiger partial charge on any atom is 0.311 e. The highest BCUT2D eigenvalue weighted by molar-refractivity contribution is 5.80. The van der Waals surface area contributed by atoms with Crippen molar-refractivity contribution >= 4 is 11.9 Å². The lowest BCUT2D eigenvalue weighted by molar-refractivity contribution is -0.135. The van der Waals surface area contributed by atoms with Gasteiger partial charge in [0.1, 0.15) is 5.75 Å². The fourth-order valence-corrected chi connectivity index (χ4v) is 3.93. The molecular formula is C25H32N2O3. The molecule has 0 bridgehead atoms. The molecule has 2 aromatic rings. The van der Waals surface area contributed by atoms with E-state index in [9.17, 15) is 9.59 Å². The molecule has 5 nitrogen and oxygen atoms in total. The Morgan fingerprint density at radius 2 is 1.70 bits per heavy atom. The van der Waals surface area contributed by atoms with Gasteiger partial charge in [-0.25, -0.2) is 0 Å². The first-order chi connectivity index (χ1) is 14.6. The molecule has 5 heteroatoms. The SMILES string of the molecule is CCCC(=O)Oc1ccccc1CC(=O)N(C)[C@H](CN1CCCC1)c1ccccc1. The van der Waals surface area contributed by atoms with Crippen molar-refractivity contribution in [3.05, 3.63) is 65.7 Å². The summed E-state index contributed by atoms with van der Waals surface area (Å²) in [4.78, 5) is 29.5. The zero-order chi connectivity index (χ0) is 21.3. The fraction of sp³-hybridized carbons (Fsp3) is 0.440. The van der Waals surface area contributed by atoms with E-state index in [-0.39, 0.29) is 24.3 Å². The van der Waals surface area contributed by atoms with Gasteiger partial charge in [0.15, 0.2) is 0 Å². The predicted octanol–water partition coefficient (Wildman–Crippen LogP) is 4.23. The van der Waals surface area contributed by atoms with E-state index in [0.717, 1.165) is 37.2 Å². The average molecular weight is 409 g/mol. The number of ether oxygens (including phenoxy) is 1. The third-order valence-corrected chi connectivity index (χ3v) is 5.67. The lowest BCUT2D eigenvalue weighted by Crippen LogP contribution is -2.39. The summed E-state index contributed by atoms with van der Waals surface area (Å²) in [5.74, 6) is 0.234. The minimum atomic E-state index is -0.262. The number of benzene rings is 2. The molecule has 3 rings (SSSR count). The summed E-state index contributed by atoms with van der Waals surface area (Å²) in [6.45, 7) is 4.94. The zero-order valence-electron chi connectivity index (χ0n) is 18.0. The summed E-state index contributed by atoms with van der Waals surface area (Å²) < 4.78 is 5.50. The van der Waals surface area contributed by atoms with Gasteiger partial charge >= 0.3 is 5.97 Å². The van der Waals surface area contributed by atoms with Gasteiger partial charge < -0.3 is 14.5 Å². The van der Waals surface area contributed by atoms with Crippen LogP contribution in [0, 0.1) is 0 Å².